The molecule has 1 saturated carbocycles. The van der Waals surface area contributed by atoms with Crippen LogP contribution in [0.2, 0.25) is 0 Å². The normalized spacial score (nSPS) is 14.5. The van der Waals surface area contributed by atoms with Gasteiger partial charge in [-0.2, -0.15) is 0 Å². The maximum Gasteiger partial charge on any atom is 0.524 e. The molecule has 0 atom stereocenters. The van der Waals surface area contributed by atoms with Crippen LogP contribution >= 0.6 is 7.82 Å². The molecule has 0 bridgehead atoms. The third-order valence-corrected chi connectivity index (χ3v) is 5.32. The van der Waals surface area contributed by atoms with Crippen molar-refractivity contribution in [2.24, 2.45) is 4.99 Å². The fourth-order valence-corrected chi connectivity index (χ4v) is 3.56. The average Bonchev–Trinajstić information content (AvgIpc) is 3.56. The molecule has 164 valence electrons. The largest absolute Gasteiger partial charge is 0.524 e. The number of ether oxygens (including phenoxy) is 1. The van der Waals surface area contributed by atoms with Gasteiger partial charge >= 0.3 is 7.82 Å². The molecule has 0 heterocycles. The van der Waals surface area contributed by atoms with Crippen LogP contribution < -0.4 is 14.6 Å². The summed E-state index contributed by atoms with van der Waals surface area (Å²) in [7, 11) is -4.63. The molecule has 0 saturated heterocycles. The molecule has 1 fully saturated rings. The zero-order valence-corrected chi connectivity index (χ0v) is 18.5. The Bertz CT molecular complexity index is 1050. The van der Waals surface area contributed by atoms with Gasteiger partial charge in [-0.15, -0.1) is 0 Å². The third-order valence-electron chi connectivity index (χ3n) is 4.88. The number of phosphoric ester groups is 1. The van der Waals surface area contributed by atoms with Gasteiger partial charge in [0.25, 0.3) is 0 Å². The van der Waals surface area contributed by atoms with Gasteiger partial charge < -0.3 is 14.6 Å². The molecule has 8 heteroatoms. The predicted octanol–water partition coefficient (Wildman–Crippen LogP) is 5.63. The number of rotatable bonds is 10. The van der Waals surface area contributed by atoms with E-state index in [1.807, 2.05) is 49.4 Å². The molecule has 2 aromatic rings. The molecular formula is C23H27N2O5P. The SMILES string of the molecule is C=N/C(=C\C=C/C)COc1ccc(Nc2cccc(OP(=O)(O)O)c2C)c(C2CC2)c1. The van der Waals surface area contributed by atoms with E-state index < -0.39 is 7.82 Å². The molecule has 7 nitrogen and oxygen atoms in total. The standard InChI is InChI=1S/C23H27N2O5P/c1-4-5-7-18(24-3)15-29-19-12-13-22(20(14-19)17-10-11-17)25-21-8-6-9-23(16(21)2)30-31(26,27)28/h4-9,12-14,17,25H,3,10-11,15H2,1-2H3,(H2,26,27,28)/b5-4-,18-7-. The van der Waals surface area contributed by atoms with Crippen molar-refractivity contribution in [1.29, 1.82) is 0 Å². The Balaban J connectivity index is 1.81. The number of aliphatic imine (C=N–C) groups is 1. The van der Waals surface area contributed by atoms with Crippen LogP contribution in [0.3, 0.4) is 0 Å². The second-order valence-corrected chi connectivity index (χ2v) is 8.45. The summed E-state index contributed by atoms with van der Waals surface area (Å²) in [6.45, 7) is 7.59. The average molecular weight is 442 g/mol. The van der Waals surface area contributed by atoms with Crippen molar-refractivity contribution >= 4 is 25.9 Å². The molecule has 0 aliphatic heterocycles. The van der Waals surface area contributed by atoms with Crippen LogP contribution in [0, 0.1) is 6.92 Å². The van der Waals surface area contributed by atoms with Gasteiger partial charge in [-0.1, -0.05) is 18.2 Å². The highest BCUT2D eigenvalue weighted by Crippen LogP contribution is 2.46. The van der Waals surface area contributed by atoms with Crippen molar-refractivity contribution in [2.75, 3.05) is 11.9 Å². The Labute approximate surface area is 182 Å². The molecule has 0 unspecified atom stereocenters. The minimum atomic E-state index is -4.63. The molecule has 0 spiro atoms. The first kappa shape index (κ1) is 22.8. The first-order valence-corrected chi connectivity index (χ1v) is 11.5. The van der Waals surface area contributed by atoms with Gasteiger partial charge in [0.1, 0.15) is 18.1 Å². The summed E-state index contributed by atoms with van der Waals surface area (Å²) < 4.78 is 21.9. The Morgan fingerprint density at radius 2 is 2.06 bits per heavy atom. The smallest absolute Gasteiger partial charge is 0.487 e. The Hall–Kier alpha value is -2.86. The van der Waals surface area contributed by atoms with Crippen molar-refractivity contribution in [1.82, 2.24) is 0 Å². The van der Waals surface area contributed by atoms with E-state index in [0.717, 1.165) is 35.5 Å². The summed E-state index contributed by atoms with van der Waals surface area (Å²) in [6.07, 6.45) is 7.89. The highest BCUT2D eigenvalue weighted by molar-refractivity contribution is 7.46. The van der Waals surface area contributed by atoms with Gasteiger partial charge in [-0.3, -0.25) is 14.8 Å². The summed E-state index contributed by atoms with van der Waals surface area (Å²) in [6, 6.07) is 10.9. The molecule has 2 aromatic carbocycles. The summed E-state index contributed by atoms with van der Waals surface area (Å²) in [4.78, 5) is 22.2. The van der Waals surface area contributed by atoms with Crippen LogP contribution in [-0.4, -0.2) is 23.1 Å². The number of benzene rings is 2. The topological polar surface area (TPSA) is 100 Å². The summed E-state index contributed by atoms with van der Waals surface area (Å²) in [5.41, 5.74) is 4.14. The zero-order valence-electron chi connectivity index (χ0n) is 17.6. The fourth-order valence-electron chi connectivity index (χ4n) is 3.11. The molecular weight excluding hydrogens is 415 g/mol. The minimum Gasteiger partial charge on any atom is -0.487 e. The van der Waals surface area contributed by atoms with Crippen molar-refractivity contribution in [3.8, 4) is 11.5 Å². The lowest BCUT2D eigenvalue weighted by Gasteiger charge is -2.17. The van der Waals surface area contributed by atoms with Gasteiger partial charge in [0.2, 0.25) is 0 Å². The number of hydrogen-bond donors (Lipinski definition) is 3. The number of allylic oxidation sites excluding steroid dienone is 3. The summed E-state index contributed by atoms with van der Waals surface area (Å²) >= 11 is 0. The molecule has 1 aliphatic carbocycles. The van der Waals surface area contributed by atoms with Crippen LogP contribution in [0.25, 0.3) is 0 Å². The van der Waals surface area contributed by atoms with E-state index in [0.29, 0.717) is 23.8 Å². The second kappa shape index (κ2) is 9.96. The maximum atomic E-state index is 11.2. The van der Waals surface area contributed by atoms with Crippen LogP contribution in [0.4, 0.5) is 11.4 Å². The van der Waals surface area contributed by atoms with Crippen molar-refractivity contribution in [3.63, 3.8) is 0 Å². The van der Waals surface area contributed by atoms with Gasteiger partial charge in [-0.05, 0) is 81.3 Å². The van der Waals surface area contributed by atoms with Crippen molar-refractivity contribution < 1.29 is 23.6 Å². The van der Waals surface area contributed by atoms with Crippen LogP contribution in [-0.2, 0) is 4.57 Å². The Kier molecular flexibility index (Phi) is 7.33. The lowest BCUT2D eigenvalue weighted by atomic mass is 10.1. The first-order valence-electron chi connectivity index (χ1n) is 9.98. The van der Waals surface area contributed by atoms with Crippen molar-refractivity contribution in [3.05, 3.63) is 71.5 Å². The lowest BCUT2D eigenvalue weighted by molar-refractivity contribution is 0.282. The molecule has 0 amide bonds. The number of nitrogens with one attached hydrogen (secondary N) is 1. The maximum absolute atomic E-state index is 11.2. The van der Waals surface area contributed by atoms with E-state index in [1.165, 1.54) is 6.07 Å². The highest BCUT2D eigenvalue weighted by atomic mass is 31.2. The lowest BCUT2D eigenvalue weighted by Crippen LogP contribution is -2.02. The highest BCUT2D eigenvalue weighted by Gasteiger charge is 2.27. The van der Waals surface area contributed by atoms with E-state index in [2.05, 4.69) is 17.0 Å². The predicted molar refractivity (Wildman–Crippen MR) is 123 cm³/mol. The van der Waals surface area contributed by atoms with E-state index >= 15 is 0 Å². The zero-order chi connectivity index (χ0) is 22.4. The Morgan fingerprint density at radius 3 is 2.71 bits per heavy atom. The van der Waals surface area contributed by atoms with E-state index in [-0.39, 0.29) is 5.75 Å². The number of anilines is 2. The number of hydrogen-bond acceptors (Lipinski definition) is 5. The quantitative estimate of drug-likeness (QED) is 0.251. The third kappa shape index (κ3) is 6.56. The second-order valence-electron chi connectivity index (χ2n) is 7.29. The molecule has 0 aromatic heterocycles. The van der Waals surface area contributed by atoms with Crippen LogP contribution in [0.1, 0.15) is 36.8 Å². The Morgan fingerprint density at radius 1 is 1.29 bits per heavy atom. The van der Waals surface area contributed by atoms with E-state index in [9.17, 15) is 4.57 Å². The van der Waals surface area contributed by atoms with Crippen LogP contribution in [0.5, 0.6) is 11.5 Å². The van der Waals surface area contributed by atoms with Crippen molar-refractivity contribution in [2.45, 2.75) is 32.6 Å². The van der Waals surface area contributed by atoms with E-state index in [4.69, 9.17) is 19.0 Å². The number of phosphoric acid groups is 1. The van der Waals surface area contributed by atoms with Gasteiger partial charge in [0.05, 0.1) is 5.70 Å². The monoisotopic (exact) mass is 442 g/mol. The fraction of sp³-hybridized carbons (Fsp3) is 0.261. The summed E-state index contributed by atoms with van der Waals surface area (Å²) in [5, 5.41) is 3.38. The van der Waals surface area contributed by atoms with Gasteiger partial charge in [-0.25, -0.2) is 4.57 Å². The molecule has 3 N–H and O–H groups in total. The molecule has 3 rings (SSSR count). The molecule has 0 radical (unpaired) electrons. The summed E-state index contributed by atoms with van der Waals surface area (Å²) in [5.74, 6) is 1.35. The van der Waals surface area contributed by atoms with Gasteiger partial charge in [0, 0.05) is 16.9 Å². The van der Waals surface area contributed by atoms with Crippen LogP contribution in [0.15, 0.2) is 65.3 Å². The molecule has 31 heavy (non-hydrogen) atoms. The first-order chi connectivity index (χ1) is 14.8. The molecule has 1 aliphatic rings. The number of nitrogens with zero attached hydrogens (tertiary/aromatic N) is 1. The van der Waals surface area contributed by atoms with Gasteiger partial charge in [0.15, 0.2) is 0 Å². The van der Waals surface area contributed by atoms with E-state index in [1.54, 1.807) is 13.0 Å². The minimum absolute atomic E-state index is 0.142.